The monoisotopic (exact) mass is 229 g/mol. The van der Waals surface area contributed by atoms with Crippen molar-refractivity contribution < 1.29 is 14.3 Å². The highest BCUT2D eigenvalue weighted by Gasteiger charge is 2.18. The number of amides is 2. The molecular formula is C10H19N3O3. The van der Waals surface area contributed by atoms with E-state index in [1.807, 2.05) is 11.9 Å². The molecule has 92 valence electrons. The van der Waals surface area contributed by atoms with Crippen LogP contribution in [0.2, 0.25) is 0 Å². The predicted molar refractivity (Wildman–Crippen MR) is 58.8 cm³/mol. The smallest absolute Gasteiger partial charge is 0.404 e. The third-order valence-corrected chi connectivity index (χ3v) is 2.64. The van der Waals surface area contributed by atoms with E-state index < -0.39 is 6.09 Å². The number of nitrogens with two attached hydrogens (primary N) is 1. The van der Waals surface area contributed by atoms with Gasteiger partial charge in [0.1, 0.15) is 0 Å². The molecule has 1 saturated heterocycles. The second kappa shape index (κ2) is 6.32. The molecule has 0 aromatic carbocycles. The van der Waals surface area contributed by atoms with Crippen LogP contribution in [0.15, 0.2) is 0 Å². The van der Waals surface area contributed by atoms with Crippen molar-refractivity contribution in [3.63, 3.8) is 0 Å². The molecule has 0 atom stereocenters. The third kappa shape index (κ3) is 4.48. The number of hydrogen-bond donors (Lipinski definition) is 1. The summed E-state index contributed by atoms with van der Waals surface area (Å²) >= 11 is 0. The van der Waals surface area contributed by atoms with Crippen LogP contribution < -0.4 is 5.73 Å². The van der Waals surface area contributed by atoms with E-state index in [9.17, 15) is 9.59 Å². The molecule has 0 bridgehead atoms. The molecule has 1 aliphatic heterocycles. The van der Waals surface area contributed by atoms with Gasteiger partial charge in [0.05, 0.1) is 6.61 Å². The third-order valence-electron chi connectivity index (χ3n) is 2.64. The van der Waals surface area contributed by atoms with Crippen LogP contribution in [0, 0.1) is 0 Å². The van der Waals surface area contributed by atoms with Crippen LogP contribution in [0.5, 0.6) is 0 Å². The summed E-state index contributed by atoms with van der Waals surface area (Å²) in [6.45, 7) is 3.62. The van der Waals surface area contributed by atoms with Crippen LogP contribution in [0.25, 0.3) is 0 Å². The van der Waals surface area contributed by atoms with Crippen molar-refractivity contribution in [1.29, 1.82) is 0 Å². The zero-order valence-corrected chi connectivity index (χ0v) is 9.65. The average Bonchev–Trinajstić information content (AvgIpc) is 2.25. The Morgan fingerprint density at radius 3 is 2.44 bits per heavy atom. The Bertz CT molecular complexity index is 250. The zero-order valence-electron chi connectivity index (χ0n) is 9.65. The number of likely N-dealkylation sites (N-methyl/N-ethyl adjacent to an activating group) is 1. The lowest BCUT2D eigenvalue weighted by molar-refractivity contribution is -0.133. The molecule has 1 fully saturated rings. The Kier molecular flexibility index (Phi) is 5.04. The van der Waals surface area contributed by atoms with E-state index in [0.717, 1.165) is 26.2 Å². The van der Waals surface area contributed by atoms with Crippen molar-refractivity contribution in [3.05, 3.63) is 0 Å². The van der Waals surface area contributed by atoms with Crippen LogP contribution in [0.1, 0.15) is 12.8 Å². The molecule has 0 spiro atoms. The molecule has 0 aromatic rings. The van der Waals surface area contributed by atoms with Crippen LogP contribution in [-0.2, 0) is 9.53 Å². The number of primary amides is 1. The van der Waals surface area contributed by atoms with E-state index in [1.54, 1.807) is 0 Å². The first-order valence-electron chi connectivity index (χ1n) is 5.48. The van der Waals surface area contributed by atoms with Gasteiger partial charge in [0.15, 0.2) is 0 Å². The summed E-state index contributed by atoms with van der Waals surface area (Å²) < 4.78 is 4.56. The topological polar surface area (TPSA) is 75.9 Å². The Balaban J connectivity index is 2.12. The number of piperazine rings is 1. The van der Waals surface area contributed by atoms with Gasteiger partial charge in [0.25, 0.3) is 0 Å². The van der Waals surface area contributed by atoms with Gasteiger partial charge in [0.2, 0.25) is 5.91 Å². The first-order chi connectivity index (χ1) is 7.59. The predicted octanol–water partition coefficient (Wildman–Crippen LogP) is -0.364. The van der Waals surface area contributed by atoms with Crippen molar-refractivity contribution in [2.45, 2.75) is 12.8 Å². The second-order valence-corrected chi connectivity index (χ2v) is 3.96. The number of hydrogen-bond acceptors (Lipinski definition) is 4. The lowest BCUT2D eigenvalue weighted by Crippen LogP contribution is -2.47. The highest BCUT2D eigenvalue weighted by atomic mass is 16.5. The molecule has 6 nitrogen and oxygen atoms in total. The lowest BCUT2D eigenvalue weighted by Gasteiger charge is -2.32. The fourth-order valence-electron chi connectivity index (χ4n) is 1.61. The molecule has 0 unspecified atom stereocenters. The molecule has 0 aromatic heterocycles. The molecule has 1 heterocycles. The Labute approximate surface area is 95.3 Å². The van der Waals surface area contributed by atoms with Gasteiger partial charge in [-0.3, -0.25) is 4.79 Å². The maximum Gasteiger partial charge on any atom is 0.404 e. The van der Waals surface area contributed by atoms with Crippen molar-refractivity contribution in [2.75, 3.05) is 39.8 Å². The summed E-state index contributed by atoms with van der Waals surface area (Å²) in [5.41, 5.74) is 4.81. The first kappa shape index (κ1) is 12.8. The van der Waals surface area contributed by atoms with E-state index in [2.05, 4.69) is 9.64 Å². The molecule has 1 aliphatic rings. The summed E-state index contributed by atoms with van der Waals surface area (Å²) in [6, 6.07) is 0. The molecule has 0 radical (unpaired) electrons. The molecular weight excluding hydrogens is 210 g/mol. The van der Waals surface area contributed by atoms with Crippen LogP contribution >= 0.6 is 0 Å². The maximum absolute atomic E-state index is 11.7. The van der Waals surface area contributed by atoms with Crippen molar-refractivity contribution >= 4 is 12.0 Å². The Hall–Kier alpha value is -1.30. The van der Waals surface area contributed by atoms with E-state index in [1.165, 1.54) is 0 Å². The lowest BCUT2D eigenvalue weighted by atomic mass is 10.2. The van der Waals surface area contributed by atoms with Gasteiger partial charge in [-0.2, -0.15) is 0 Å². The number of nitrogens with zero attached hydrogens (tertiary/aromatic N) is 2. The van der Waals surface area contributed by atoms with Crippen LogP contribution in [0.4, 0.5) is 4.79 Å². The minimum Gasteiger partial charge on any atom is -0.450 e. The SMILES string of the molecule is CN1CCN(C(=O)CCCOC(N)=O)CC1. The first-order valence-corrected chi connectivity index (χ1v) is 5.48. The van der Waals surface area contributed by atoms with Crippen molar-refractivity contribution in [2.24, 2.45) is 5.73 Å². The van der Waals surface area contributed by atoms with Gasteiger partial charge in [-0.05, 0) is 13.5 Å². The Morgan fingerprint density at radius 1 is 1.25 bits per heavy atom. The number of carbonyl (C=O) groups excluding carboxylic acids is 2. The minimum atomic E-state index is -0.785. The number of rotatable bonds is 4. The second-order valence-electron chi connectivity index (χ2n) is 3.96. The fraction of sp³-hybridized carbons (Fsp3) is 0.800. The summed E-state index contributed by atoms with van der Waals surface area (Å²) in [4.78, 5) is 26.0. The molecule has 16 heavy (non-hydrogen) atoms. The van der Waals surface area contributed by atoms with E-state index in [4.69, 9.17) is 5.73 Å². The number of carbonyl (C=O) groups is 2. The molecule has 1 rings (SSSR count). The summed E-state index contributed by atoms with van der Waals surface area (Å²) in [7, 11) is 2.04. The van der Waals surface area contributed by atoms with E-state index in [-0.39, 0.29) is 12.5 Å². The van der Waals surface area contributed by atoms with E-state index >= 15 is 0 Å². The summed E-state index contributed by atoms with van der Waals surface area (Å²) in [5.74, 6) is 0.126. The van der Waals surface area contributed by atoms with Crippen LogP contribution in [-0.4, -0.2) is 61.6 Å². The molecule has 0 aliphatic carbocycles. The zero-order chi connectivity index (χ0) is 12.0. The van der Waals surface area contributed by atoms with Gasteiger partial charge >= 0.3 is 6.09 Å². The minimum absolute atomic E-state index is 0.126. The highest BCUT2D eigenvalue weighted by molar-refractivity contribution is 5.76. The largest absolute Gasteiger partial charge is 0.450 e. The summed E-state index contributed by atoms with van der Waals surface area (Å²) in [5, 5.41) is 0. The Morgan fingerprint density at radius 2 is 1.88 bits per heavy atom. The van der Waals surface area contributed by atoms with Crippen molar-refractivity contribution in [1.82, 2.24) is 9.80 Å². The maximum atomic E-state index is 11.7. The highest BCUT2D eigenvalue weighted by Crippen LogP contribution is 2.03. The molecule has 2 N–H and O–H groups in total. The van der Waals surface area contributed by atoms with Gasteiger partial charge in [-0.15, -0.1) is 0 Å². The van der Waals surface area contributed by atoms with Gasteiger partial charge in [-0.1, -0.05) is 0 Å². The molecule has 6 heteroatoms. The van der Waals surface area contributed by atoms with Gasteiger partial charge < -0.3 is 20.3 Å². The van der Waals surface area contributed by atoms with Crippen LogP contribution in [0.3, 0.4) is 0 Å². The normalized spacial score (nSPS) is 17.2. The molecule has 0 saturated carbocycles. The standard InChI is InChI=1S/C10H19N3O3/c1-12-4-6-13(7-5-12)9(14)3-2-8-16-10(11)15/h2-8H2,1H3,(H2,11,15). The average molecular weight is 229 g/mol. The van der Waals surface area contributed by atoms with Gasteiger partial charge in [-0.25, -0.2) is 4.79 Å². The fourth-order valence-corrected chi connectivity index (χ4v) is 1.61. The van der Waals surface area contributed by atoms with E-state index in [0.29, 0.717) is 12.8 Å². The number of ether oxygens (including phenoxy) is 1. The molecule has 2 amide bonds. The van der Waals surface area contributed by atoms with Crippen molar-refractivity contribution in [3.8, 4) is 0 Å². The quantitative estimate of drug-likeness (QED) is 0.668. The van der Waals surface area contributed by atoms with Gasteiger partial charge in [0, 0.05) is 32.6 Å². The summed E-state index contributed by atoms with van der Waals surface area (Å²) in [6.07, 6.45) is 0.164.